The van der Waals surface area contributed by atoms with Gasteiger partial charge in [0, 0.05) is 22.8 Å². The number of hydrogen-bond donors (Lipinski definition) is 2. The molecule has 0 spiro atoms. The Morgan fingerprint density at radius 1 is 1.50 bits per heavy atom. The van der Waals surface area contributed by atoms with Crippen LogP contribution in [0.5, 0.6) is 0 Å². The van der Waals surface area contributed by atoms with Gasteiger partial charge in [0.1, 0.15) is 10.2 Å². The van der Waals surface area contributed by atoms with Gasteiger partial charge in [-0.25, -0.2) is 14.8 Å². The van der Waals surface area contributed by atoms with Gasteiger partial charge in [0.2, 0.25) is 0 Å². The lowest BCUT2D eigenvalue weighted by Crippen LogP contribution is -2.10. The first kappa shape index (κ1) is 14.7. The summed E-state index contributed by atoms with van der Waals surface area (Å²) in [6.45, 7) is 5.76. The number of halogens is 1. The number of carboxylic acids is 1. The predicted molar refractivity (Wildman–Crippen MR) is 80.8 cm³/mol. The first-order valence-corrected chi connectivity index (χ1v) is 7.21. The maximum absolute atomic E-state index is 11.1. The molecule has 0 saturated heterocycles. The minimum atomic E-state index is -1.02. The van der Waals surface area contributed by atoms with Gasteiger partial charge in [-0.15, -0.1) is 11.3 Å². The minimum absolute atomic E-state index is 0.0791. The van der Waals surface area contributed by atoms with E-state index in [-0.39, 0.29) is 11.7 Å². The second kappa shape index (κ2) is 5.76. The largest absolute Gasteiger partial charge is 0.476 e. The average Bonchev–Trinajstić information content (AvgIpc) is 2.70. The number of aromatic carboxylic acids is 1. The normalized spacial score (nSPS) is 10.8. The number of nitrogens with one attached hydrogen (secondary N) is 1. The lowest BCUT2D eigenvalue weighted by atomic mass is 10.2. The lowest BCUT2D eigenvalue weighted by Gasteiger charge is -2.13. The summed E-state index contributed by atoms with van der Waals surface area (Å²) < 4.78 is 0. The SMILES string of the molecule is Cc1sc(-c2cnc(Cl)cc2NC(C)C)nc1C(=O)O. The molecule has 7 heteroatoms. The van der Waals surface area contributed by atoms with Crippen LogP contribution in [0.15, 0.2) is 12.3 Å². The summed E-state index contributed by atoms with van der Waals surface area (Å²) in [6, 6.07) is 1.93. The summed E-state index contributed by atoms with van der Waals surface area (Å²) in [5, 5.41) is 13.3. The molecule has 0 fully saturated rings. The molecule has 0 unspecified atom stereocenters. The Balaban J connectivity index is 2.51. The number of pyridine rings is 1. The fraction of sp³-hybridized carbons (Fsp3) is 0.308. The summed E-state index contributed by atoms with van der Waals surface area (Å²) in [6.07, 6.45) is 1.61. The minimum Gasteiger partial charge on any atom is -0.476 e. The van der Waals surface area contributed by atoms with E-state index in [4.69, 9.17) is 16.7 Å². The first-order valence-electron chi connectivity index (χ1n) is 6.01. The van der Waals surface area contributed by atoms with Gasteiger partial charge in [-0.05, 0) is 26.8 Å². The second-order valence-corrected chi connectivity index (χ2v) is 6.17. The van der Waals surface area contributed by atoms with Crippen molar-refractivity contribution in [2.75, 3.05) is 5.32 Å². The highest BCUT2D eigenvalue weighted by Crippen LogP contribution is 2.34. The Morgan fingerprint density at radius 2 is 2.20 bits per heavy atom. The monoisotopic (exact) mass is 311 g/mol. The molecule has 2 rings (SSSR count). The van der Waals surface area contributed by atoms with E-state index in [1.165, 1.54) is 11.3 Å². The standard InChI is InChI=1S/C13H14ClN3O2S/c1-6(2)16-9-4-10(14)15-5-8(9)12-17-11(13(18)19)7(3)20-12/h4-6H,1-3H3,(H,15,16)(H,18,19). The van der Waals surface area contributed by atoms with Crippen LogP contribution >= 0.6 is 22.9 Å². The summed E-state index contributed by atoms with van der Waals surface area (Å²) >= 11 is 7.24. The van der Waals surface area contributed by atoms with Crippen LogP contribution in [0, 0.1) is 6.92 Å². The third-order valence-corrected chi connectivity index (χ3v) is 3.76. The number of aryl methyl sites for hydroxylation is 1. The van der Waals surface area contributed by atoms with E-state index in [0.717, 1.165) is 11.3 Å². The van der Waals surface area contributed by atoms with Crippen molar-refractivity contribution in [3.05, 3.63) is 28.0 Å². The molecule has 0 saturated carbocycles. The van der Waals surface area contributed by atoms with Crippen LogP contribution in [-0.4, -0.2) is 27.1 Å². The molecule has 0 radical (unpaired) electrons. The van der Waals surface area contributed by atoms with Crippen LogP contribution < -0.4 is 5.32 Å². The maximum atomic E-state index is 11.1. The fourth-order valence-corrected chi connectivity index (χ4v) is 2.83. The summed E-state index contributed by atoms with van der Waals surface area (Å²) in [7, 11) is 0. The molecular weight excluding hydrogens is 298 g/mol. The van der Waals surface area contributed by atoms with Crippen LogP contribution in [0.4, 0.5) is 5.69 Å². The molecule has 2 aromatic rings. The number of carboxylic acid groups (broad SMARTS) is 1. The van der Waals surface area contributed by atoms with Crippen molar-refractivity contribution < 1.29 is 9.90 Å². The van der Waals surface area contributed by atoms with Crippen LogP contribution in [0.25, 0.3) is 10.6 Å². The first-order chi connectivity index (χ1) is 9.38. The predicted octanol–water partition coefficient (Wildman–Crippen LogP) is 3.69. The third kappa shape index (κ3) is 3.08. The molecule has 0 atom stereocenters. The molecule has 0 bridgehead atoms. The molecule has 0 amide bonds. The molecule has 2 N–H and O–H groups in total. The van der Waals surface area contributed by atoms with Crippen molar-refractivity contribution >= 4 is 34.6 Å². The number of hydrogen-bond acceptors (Lipinski definition) is 5. The molecule has 106 valence electrons. The zero-order valence-corrected chi connectivity index (χ0v) is 12.8. The van der Waals surface area contributed by atoms with Gasteiger partial charge in [0.15, 0.2) is 5.69 Å². The van der Waals surface area contributed by atoms with Crippen LogP contribution in [0.1, 0.15) is 29.2 Å². The van der Waals surface area contributed by atoms with Gasteiger partial charge in [0.25, 0.3) is 0 Å². The van der Waals surface area contributed by atoms with Gasteiger partial charge < -0.3 is 10.4 Å². The third-order valence-electron chi connectivity index (χ3n) is 2.54. The zero-order valence-electron chi connectivity index (χ0n) is 11.3. The number of thiazole rings is 1. The highest BCUT2D eigenvalue weighted by molar-refractivity contribution is 7.15. The average molecular weight is 312 g/mol. The molecule has 0 aliphatic heterocycles. The summed E-state index contributed by atoms with van der Waals surface area (Å²) in [4.78, 5) is 20.0. The Bertz CT molecular complexity index is 655. The molecular formula is C13H14ClN3O2S. The number of aromatic nitrogens is 2. The Morgan fingerprint density at radius 3 is 2.75 bits per heavy atom. The zero-order chi connectivity index (χ0) is 14.9. The van der Waals surface area contributed by atoms with Crippen molar-refractivity contribution in [2.24, 2.45) is 0 Å². The van der Waals surface area contributed by atoms with Crippen molar-refractivity contribution in [1.29, 1.82) is 0 Å². The molecule has 20 heavy (non-hydrogen) atoms. The van der Waals surface area contributed by atoms with E-state index in [0.29, 0.717) is 15.0 Å². The Kier molecular flexibility index (Phi) is 4.25. The maximum Gasteiger partial charge on any atom is 0.355 e. The van der Waals surface area contributed by atoms with Gasteiger partial charge in [-0.2, -0.15) is 0 Å². The molecule has 2 heterocycles. The van der Waals surface area contributed by atoms with Gasteiger partial charge in [0.05, 0.1) is 5.56 Å². The highest BCUT2D eigenvalue weighted by atomic mass is 35.5. The summed E-state index contributed by atoms with van der Waals surface area (Å²) in [5.41, 5.74) is 1.63. The van der Waals surface area contributed by atoms with E-state index in [1.807, 2.05) is 13.8 Å². The summed E-state index contributed by atoms with van der Waals surface area (Å²) in [5.74, 6) is -1.02. The topological polar surface area (TPSA) is 75.1 Å². The molecule has 0 aliphatic rings. The lowest BCUT2D eigenvalue weighted by molar-refractivity contribution is 0.0690. The van der Waals surface area contributed by atoms with Gasteiger partial charge in [-0.3, -0.25) is 0 Å². The molecule has 2 aromatic heterocycles. The van der Waals surface area contributed by atoms with Gasteiger partial charge >= 0.3 is 5.97 Å². The van der Waals surface area contributed by atoms with Crippen LogP contribution in [0.2, 0.25) is 5.15 Å². The smallest absolute Gasteiger partial charge is 0.355 e. The Labute approximate surface area is 125 Å². The number of rotatable bonds is 4. The van der Waals surface area contributed by atoms with E-state index < -0.39 is 5.97 Å². The number of carbonyl (C=O) groups is 1. The van der Waals surface area contributed by atoms with E-state index >= 15 is 0 Å². The quantitative estimate of drug-likeness (QED) is 0.842. The number of anilines is 1. The van der Waals surface area contributed by atoms with E-state index in [2.05, 4.69) is 15.3 Å². The fourth-order valence-electron chi connectivity index (χ4n) is 1.74. The molecule has 0 aliphatic carbocycles. The highest BCUT2D eigenvalue weighted by Gasteiger charge is 2.18. The molecule has 0 aromatic carbocycles. The van der Waals surface area contributed by atoms with Crippen molar-refractivity contribution in [3.63, 3.8) is 0 Å². The molecule has 5 nitrogen and oxygen atoms in total. The number of nitrogens with zero attached hydrogens (tertiary/aromatic N) is 2. The van der Waals surface area contributed by atoms with Crippen molar-refractivity contribution in [1.82, 2.24) is 9.97 Å². The van der Waals surface area contributed by atoms with Crippen molar-refractivity contribution in [3.8, 4) is 10.6 Å². The van der Waals surface area contributed by atoms with Crippen LogP contribution in [0.3, 0.4) is 0 Å². The van der Waals surface area contributed by atoms with E-state index in [9.17, 15) is 4.79 Å². The van der Waals surface area contributed by atoms with Crippen LogP contribution in [-0.2, 0) is 0 Å². The van der Waals surface area contributed by atoms with Crippen molar-refractivity contribution in [2.45, 2.75) is 26.8 Å². The van der Waals surface area contributed by atoms with Gasteiger partial charge in [-0.1, -0.05) is 11.6 Å². The van der Waals surface area contributed by atoms with E-state index in [1.54, 1.807) is 19.2 Å². The Hall–Kier alpha value is -1.66. The second-order valence-electron chi connectivity index (χ2n) is 4.58.